The largest absolute Gasteiger partial charge is 0.392 e. The van der Waals surface area contributed by atoms with Gasteiger partial charge in [-0.3, -0.25) is 33.6 Å². The topological polar surface area (TPSA) is 113 Å². The molecule has 4 aromatic heterocycles. The minimum absolute atomic E-state index is 0.130. The molecular formula is C32H38N8O3. The van der Waals surface area contributed by atoms with E-state index in [1.807, 2.05) is 22.9 Å². The summed E-state index contributed by atoms with van der Waals surface area (Å²) in [5.41, 5.74) is 6.48. The van der Waals surface area contributed by atoms with Crippen LogP contribution in [0.2, 0.25) is 0 Å². The third-order valence-corrected chi connectivity index (χ3v) is 9.45. The molecule has 7 rings (SSSR count). The first kappa shape index (κ1) is 27.6. The number of carbonyl (C=O) groups is 1. The van der Waals surface area contributed by atoms with E-state index in [0.717, 1.165) is 31.6 Å². The van der Waals surface area contributed by atoms with Crippen LogP contribution in [0.3, 0.4) is 0 Å². The Hall–Kier alpha value is -4.22. The molecule has 0 saturated carbocycles. The van der Waals surface area contributed by atoms with Crippen LogP contribution in [-0.4, -0.2) is 59.9 Å². The van der Waals surface area contributed by atoms with Gasteiger partial charge in [0.2, 0.25) is 0 Å². The van der Waals surface area contributed by atoms with E-state index in [4.69, 9.17) is 5.10 Å². The van der Waals surface area contributed by atoms with Crippen LogP contribution < -0.4 is 15.8 Å². The summed E-state index contributed by atoms with van der Waals surface area (Å²) < 4.78 is 5.69. The molecule has 6 heterocycles. The third-order valence-electron chi connectivity index (χ3n) is 9.45. The predicted molar refractivity (Wildman–Crippen MR) is 165 cm³/mol. The van der Waals surface area contributed by atoms with Crippen LogP contribution in [0.25, 0.3) is 11.1 Å². The maximum Gasteiger partial charge on any atom is 0.276 e. The average molecular weight is 583 g/mol. The van der Waals surface area contributed by atoms with Crippen molar-refractivity contribution in [3.05, 3.63) is 75.2 Å². The van der Waals surface area contributed by atoms with Crippen molar-refractivity contribution in [2.45, 2.75) is 59.4 Å². The van der Waals surface area contributed by atoms with Gasteiger partial charge in [-0.15, -0.1) is 0 Å². The fourth-order valence-electron chi connectivity index (χ4n) is 7.09. The molecule has 224 valence electrons. The molecule has 3 aliphatic rings. The van der Waals surface area contributed by atoms with Gasteiger partial charge in [0.25, 0.3) is 11.5 Å². The summed E-state index contributed by atoms with van der Waals surface area (Å²) >= 11 is 0. The normalized spacial score (nSPS) is 19.3. The van der Waals surface area contributed by atoms with Gasteiger partial charge in [0, 0.05) is 68.0 Å². The lowest BCUT2D eigenvalue weighted by Gasteiger charge is -2.33. The molecule has 0 radical (unpaired) electrons. The van der Waals surface area contributed by atoms with E-state index < -0.39 is 0 Å². The Bertz CT molecular complexity index is 1830. The molecule has 1 amide bonds. The second-order valence-electron chi connectivity index (χ2n) is 12.9. The summed E-state index contributed by atoms with van der Waals surface area (Å²) in [5.74, 6) is 0.957. The molecule has 0 fully saturated rings. The summed E-state index contributed by atoms with van der Waals surface area (Å²) in [7, 11) is 3.79. The highest BCUT2D eigenvalue weighted by atomic mass is 16.3. The number of pyridine rings is 2. The standard InChI is InChI=1S/C32H38N8O3/c1-19-25-14-28(35-40(25)11-8-36(19)4)34-24-13-23(22-6-7-33-17-21(22)18-41)29(37(5)30(24)42)39-10-9-38-26(31(39)43)12-20-15-32(2,3)16-27(20)38/h6-7,12-14,17,19,41H,8-11,15-16,18H2,1-5H3,(H,34,35)/t19-/m1/s1. The average Bonchev–Trinajstić information content (AvgIpc) is 3.64. The Labute approximate surface area is 250 Å². The molecule has 0 spiro atoms. The number of hydrogen-bond acceptors (Lipinski definition) is 7. The Morgan fingerprint density at radius 1 is 1.05 bits per heavy atom. The van der Waals surface area contributed by atoms with Gasteiger partial charge >= 0.3 is 0 Å². The number of rotatable bonds is 5. The first-order chi connectivity index (χ1) is 20.6. The number of carbonyl (C=O) groups excluding carboxylic acids is 1. The number of nitrogens with zero attached hydrogens (tertiary/aromatic N) is 7. The van der Waals surface area contributed by atoms with Gasteiger partial charge in [-0.2, -0.15) is 5.10 Å². The predicted octanol–water partition coefficient (Wildman–Crippen LogP) is 3.47. The minimum Gasteiger partial charge on any atom is -0.392 e. The highest BCUT2D eigenvalue weighted by molar-refractivity contribution is 6.08. The summed E-state index contributed by atoms with van der Waals surface area (Å²) in [5, 5.41) is 18.2. The summed E-state index contributed by atoms with van der Waals surface area (Å²) in [6.45, 7) is 9.19. The molecule has 43 heavy (non-hydrogen) atoms. The van der Waals surface area contributed by atoms with Crippen LogP contribution in [0, 0.1) is 5.41 Å². The minimum atomic E-state index is -0.271. The number of aliphatic hydroxyl groups is 1. The Kier molecular flexibility index (Phi) is 6.37. The van der Waals surface area contributed by atoms with Crippen molar-refractivity contribution in [2.75, 3.05) is 30.4 Å². The van der Waals surface area contributed by atoms with Crippen molar-refractivity contribution in [2.24, 2.45) is 12.5 Å². The van der Waals surface area contributed by atoms with E-state index in [9.17, 15) is 14.7 Å². The van der Waals surface area contributed by atoms with Crippen LogP contribution in [0.1, 0.15) is 59.8 Å². The number of nitrogens with one attached hydrogen (secondary N) is 1. The molecule has 0 saturated heterocycles. The van der Waals surface area contributed by atoms with Gasteiger partial charge in [0.1, 0.15) is 17.2 Å². The molecule has 11 nitrogen and oxygen atoms in total. The van der Waals surface area contributed by atoms with Crippen molar-refractivity contribution >= 4 is 23.2 Å². The molecule has 2 N–H and O–H groups in total. The maximum absolute atomic E-state index is 14.1. The van der Waals surface area contributed by atoms with E-state index in [0.29, 0.717) is 52.8 Å². The van der Waals surface area contributed by atoms with Gasteiger partial charge in [0.15, 0.2) is 5.82 Å². The number of anilines is 3. The lowest BCUT2D eigenvalue weighted by molar-refractivity contribution is 0.0962. The van der Waals surface area contributed by atoms with Crippen LogP contribution in [-0.2, 0) is 39.6 Å². The van der Waals surface area contributed by atoms with Gasteiger partial charge in [-0.25, -0.2) is 0 Å². The van der Waals surface area contributed by atoms with Crippen LogP contribution >= 0.6 is 0 Å². The van der Waals surface area contributed by atoms with Crippen molar-refractivity contribution in [1.29, 1.82) is 0 Å². The Morgan fingerprint density at radius 3 is 2.65 bits per heavy atom. The van der Waals surface area contributed by atoms with Crippen molar-refractivity contribution in [3.8, 4) is 11.1 Å². The van der Waals surface area contributed by atoms with E-state index in [-0.39, 0.29) is 29.5 Å². The van der Waals surface area contributed by atoms with Gasteiger partial charge < -0.3 is 15.0 Å². The molecular weight excluding hydrogens is 544 g/mol. The maximum atomic E-state index is 14.1. The highest BCUT2D eigenvalue weighted by Crippen LogP contribution is 2.41. The third kappa shape index (κ3) is 4.41. The van der Waals surface area contributed by atoms with Crippen molar-refractivity contribution < 1.29 is 9.90 Å². The smallest absolute Gasteiger partial charge is 0.276 e. The molecule has 0 bridgehead atoms. The van der Waals surface area contributed by atoms with Crippen LogP contribution in [0.4, 0.5) is 17.3 Å². The van der Waals surface area contributed by atoms with Crippen LogP contribution in [0.15, 0.2) is 41.5 Å². The van der Waals surface area contributed by atoms with E-state index in [2.05, 4.69) is 47.6 Å². The number of fused-ring (bicyclic) bond motifs is 4. The number of hydrogen-bond donors (Lipinski definition) is 2. The first-order valence-electron chi connectivity index (χ1n) is 14.9. The zero-order valence-electron chi connectivity index (χ0n) is 25.4. The second kappa shape index (κ2) is 9.92. The summed E-state index contributed by atoms with van der Waals surface area (Å²) in [6, 6.07) is 7.83. The lowest BCUT2D eigenvalue weighted by atomic mass is 9.90. The van der Waals surface area contributed by atoms with E-state index >= 15 is 0 Å². The summed E-state index contributed by atoms with van der Waals surface area (Å²) in [6.07, 6.45) is 5.17. The van der Waals surface area contributed by atoms with E-state index in [1.54, 1.807) is 35.0 Å². The molecule has 0 unspecified atom stereocenters. The Balaban J connectivity index is 1.33. The van der Waals surface area contributed by atoms with Gasteiger partial charge in [-0.05, 0) is 61.6 Å². The fourth-order valence-corrected chi connectivity index (χ4v) is 7.09. The quantitative estimate of drug-likeness (QED) is 0.371. The SMILES string of the molecule is C[C@@H]1c2cc(Nc3cc(-c4ccncc4CO)c(N4CCn5c(cc6c5CC(C)(C)C6)C4=O)n(C)c3=O)nn2CCN1C. The molecule has 1 aliphatic carbocycles. The fraction of sp³-hybridized carbons (Fsp3) is 0.438. The van der Waals surface area contributed by atoms with Crippen molar-refractivity contribution in [1.82, 2.24) is 28.8 Å². The van der Waals surface area contributed by atoms with Gasteiger partial charge in [0.05, 0.1) is 18.8 Å². The van der Waals surface area contributed by atoms with Crippen LogP contribution in [0.5, 0.6) is 0 Å². The number of amides is 1. The van der Waals surface area contributed by atoms with Gasteiger partial charge in [-0.1, -0.05) is 13.8 Å². The lowest BCUT2D eigenvalue weighted by Crippen LogP contribution is -2.43. The zero-order chi connectivity index (χ0) is 30.2. The summed E-state index contributed by atoms with van der Waals surface area (Å²) in [4.78, 5) is 36.2. The number of aromatic nitrogens is 5. The van der Waals surface area contributed by atoms with Crippen molar-refractivity contribution in [3.63, 3.8) is 0 Å². The molecule has 0 aromatic carbocycles. The molecule has 11 heteroatoms. The number of likely N-dealkylation sites (N-methyl/N-ethyl adjacent to an activating group) is 1. The molecule has 1 atom stereocenters. The Morgan fingerprint density at radius 2 is 1.86 bits per heavy atom. The second-order valence-corrected chi connectivity index (χ2v) is 12.9. The first-order valence-corrected chi connectivity index (χ1v) is 14.9. The van der Waals surface area contributed by atoms with E-state index in [1.165, 1.54) is 11.3 Å². The monoisotopic (exact) mass is 582 g/mol. The highest BCUT2D eigenvalue weighted by Gasteiger charge is 2.38. The number of aliphatic hydroxyl groups excluding tert-OH is 1. The zero-order valence-corrected chi connectivity index (χ0v) is 25.4. The molecule has 4 aromatic rings. The molecule has 2 aliphatic heterocycles.